The smallest absolute Gasteiger partial charge is 0.232 e. The highest BCUT2D eigenvalue weighted by atomic mass is 35.5. The summed E-state index contributed by atoms with van der Waals surface area (Å²) in [5.41, 5.74) is 0.603. The van der Waals surface area contributed by atoms with Crippen molar-refractivity contribution < 1.29 is 17.6 Å². The Labute approximate surface area is 160 Å². The predicted molar refractivity (Wildman–Crippen MR) is 102 cm³/mol. The van der Waals surface area contributed by atoms with Gasteiger partial charge < -0.3 is 0 Å². The average molecular weight is 408 g/mol. The molecular weight excluding hydrogens is 393 g/mol. The molecule has 0 fully saturated rings. The van der Waals surface area contributed by atoms with Crippen LogP contribution in [-0.2, 0) is 10.0 Å². The van der Waals surface area contributed by atoms with Crippen LogP contribution in [0.2, 0.25) is 5.02 Å². The fourth-order valence-corrected chi connectivity index (χ4v) is 4.03. The van der Waals surface area contributed by atoms with Crippen molar-refractivity contribution in [2.24, 2.45) is 0 Å². The van der Waals surface area contributed by atoms with Crippen LogP contribution < -0.4 is 4.72 Å². The first-order valence-electron chi connectivity index (χ1n) is 8.04. The van der Waals surface area contributed by atoms with Gasteiger partial charge in [-0.15, -0.1) is 0 Å². The van der Waals surface area contributed by atoms with E-state index in [1.54, 1.807) is 31.3 Å². The maximum atomic E-state index is 14.0. The summed E-state index contributed by atoms with van der Waals surface area (Å²) in [4.78, 5) is 20.8. The number of hydrogen-bond acceptors (Lipinski definition) is 5. The maximum absolute atomic E-state index is 14.0. The minimum atomic E-state index is -3.69. The molecule has 0 atom stereocenters. The number of nitrogens with one attached hydrogen (secondary N) is 1. The standard InChI is InChI=1S/C18H15ClFN3O3S/c1-2-5-27(25,26)23-16-8-13(20)7-14(17(16)19)18(24)11-3-4-15-12(6-11)9-21-10-22-15/h3-4,6-10,23H,2,5H2,1H3. The van der Waals surface area contributed by atoms with Crippen molar-refractivity contribution in [1.29, 1.82) is 0 Å². The molecule has 1 aromatic heterocycles. The van der Waals surface area contributed by atoms with Crippen LogP contribution in [0.5, 0.6) is 0 Å². The maximum Gasteiger partial charge on any atom is 0.232 e. The lowest BCUT2D eigenvalue weighted by molar-refractivity contribution is 0.103. The quantitative estimate of drug-likeness (QED) is 0.627. The Balaban J connectivity index is 2.03. The van der Waals surface area contributed by atoms with Crippen molar-refractivity contribution in [3.63, 3.8) is 0 Å². The Hall–Kier alpha value is -2.58. The number of hydrogen-bond donors (Lipinski definition) is 1. The van der Waals surface area contributed by atoms with E-state index in [0.29, 0.717) is 17.3 Å². The topological polar surface area (TPSA) is 89.0 Å². The van der Waals surface area contributed by atoms with Crippen LogP contribution in [0.3, 0.4) is 0 Å². The van der Waals surface area contributed by atoms with Crippen LogP contribution in [0, 0.1) is 5.82 Å². The second-order valence-electron chi connectivity index (χ2n) is 5.86. The highest BCUT2D eigenvalue weighted by molar-refractivity contribution is 7.92. The molecule has 0 aliphatic rings. The number of carbonyl (C=O) groups excluding carboxylic acids is 1. The lowest BCUT2D eigenvalue weighted by Gasteiger charge is -2.12. The van der Waals surface area contributed by atoms with Crippen molar-refractivity contribution in [3.05, 3.63) is 64.8 Å². The second-order valence-corrected chi connectivity index (χ2v) is 8.08. The molecule has 0 unspecified atom stereocenters. The highest BCUT2D eigenvalue weighted by Gasteiger charge is 2.20. The monoisotopic (exact) mass is 407 g/mol. The molecular formula is C18H15ClFN3O3S. The summed E-state index contributed by atoms with van der Waals surface area (Å²) in [6, 6.07) is 6.68. The van der Waals surface area contributed by atoms with Gasteiger partial charge in [0.25, 0.3) is 0 Å². The summed E-state index contributed by atoms with van der Waals surface area (Å²) in [5.74, 6) is -1.46. The third-order valence-electron chi connectivity index (χ3n) is 3.79. The van der Waals surface area contributed by atoms with Gasteiger partial charge in [0.2, 0.25) is 10.0 Å². The molecule has 0 spiro atoms. The third kappa shape index (κ3) is 4.23. The molecule has 1 N–H and O–H groups in total. The zero-order chi connectivity index (χ0) is 19.6. The molecule has 0 radical (unpaired) electrons. The molecule has 0 aliphatic heterocycles. The molecule has 9 heteroatoms. The van der Waals surface area contributed by atoms with E-state index in [1.165, 1.54) is 6.33 Å². The lowest BCUT2D eigenvalue weighted by atomic mass is 10.0. The molecule has 3 rings (SSSR count). The Morgan fingerprint density at radius 1 is 1.26 bits per heavy atom. The van der Waals surface area contributed by atoms with E-state index in [0.717, 1.165) is 12.1 Å². The fraction of sp³-hybridized carbons (Fsp3) is 0.167. The number of carbonyl (C=O) groups is 1. The lowest BCUT2D eigenvalue weighted by Crippen LogP contribution is -2.17. The number of aromatic nitrogens is 2. The van der Waals surface area contributed by atoms with Gasteiger partial charge >= 0.3 is 0 Å². The Bertz CT molecular complexity index is 1140. The Kier molecular flexibility index (Phi) is 5.38. The molecule has 27 heavy (non-hydrogen) atoms. The molecule has 6 nitrogen and oxygen atoms in total. The van der Waals surface area contributed by atoms with Crippen molar-refractivity contribution in [3.8, 4) is 0 Å². The fourth-order valence-electron chi connectivity index (χ4n) is 2.60. The first kappa shape index (κ1) is 19.2. The van der Waals surface area contributed by atoms with Gasteiger partial charge in [-0.25, -0.2) is 22.8 Å². The number of sulfonamides is 1. The molecule has 0 bridgehead atoms. The summed E-state index contributed by atoms with van der Waals surface area (Å²) in [6.45, 7) is 1.70. The highest BCUT2D eigenvalue weighted by Crippen LogP contribution is 2.30. The van der Waals surface area contributed by atoms with Gasteiger partial charge in [0.1, 0.15) is 12.1 Å². The molecule has 0 saturated carbocycles. The number of anilines is 1. The van der Waals surface area contributed by atoms with Gasteiger partial charge in [0.05, 0.1) is 22.0 Å². The molecule has 0 amide bonds. The Morgan fingerprint density at radius 2 is 2.04 bits per heavy atom. The van der Waals surface area contributed by atoms with Gasteiger partial charge in [0, 0.05) is 22.7 Å². The number of halogens is 2. The van der Waals surface area contributed by atoms with Gasteiger partial charge in [0.15, 0.2) is 5.78 Å². The van der Waals surface area contributed by atoms with E-state index >= 15 is 0 Å². The zero-order valence-corrected chi connectivity index (χ0v) is 15.8. The van der Waals surface area contributed by atoms with Crippen LogP contribution >= 0.6 is 11.6 Å². The summed E-state index contributed by atoms with van der Waals surface area (Å²) < 4.78 is 40.2. The van der Waals surface area contributed by atoms with Crippen molar-refractivity contribution in [2.45, 2.75) is 13.3 Å². The molecule has 0 saturated heterocycles. The minimum absolute atomic E-state index is 0.137. The van der Waals surface area contributed by atoms with Crippen molar-refractivity contribution in [1.82, 2.24) is 9.97 Å². The zero-order valence-electron chi connectivity index (χ0n) is 14.2. The number of ketones is 1. The molecule has 2 aromatic carbocycles. The summed E-state index contributed by atoms with van der Waals surface area (Å²) >= 11 is 6.21. The molecule has 1 heterocycles. The minimum Gasteiger partial charge on any atom is -0.289 e. The van der Waals surface area contributed by atoms with Crippen molar-refractivity contribution in [2.75, 3.05) is 10.5 Å². The normalized spacial score (nSPS) is 11.5. The Morgan fingerprint density at radius 3 is 2.78 bits per heavy atom. The van der Waals surface area contributed by atoms with Crippen LogP contribution in [0.1, 0.15) is 29.3 Å². The number of rotatable bonds is 6. The van der Waals surface area contributed by atoms with E-state index in [1.807, 2.05) is 0 Å². The number of benzene rings is 2. The van der Waals surface area contributed by atoms with Crippen LogP contribution in [0.4, 0.5) is 10.1 Å². The molecule has 0 aliphatic carbocycles. The largest absolute Gasteiger partial charge is 0.289 e. The van der Waals surface area contributed by atoms with Crippen LogP contribution in [-0.4, -0.2) is 29.9 Å². The summed E-state index contributed by atoms with van der Waals surface area (Å²) in [5, 5.41) is 0.477. The number of nitrogens with zero attached hydrogens (tertiary/aromatic N) is 2. The van der Waals surface area contributed by atoms with E-state index in [-0.39, 0.29) is 27.6 Å². The second kappa shape index (κ2) is 7.58. The first-order chi connectivity index (χ1) is 12.8. The predicted octanol–water partition coefficient (Wildman–Crippen LogP) is 3.81. The summed E-state index contributed by atoms with van der Waals surface area (Å²) in [7, 11) is -3.69. The molecule has 3 aromatic rings. The average Bonchev–Trinajstić information content (AvgIpc) is 2.63. The SMILES string of the molecule is CCCS(=O)(=O)Nc1cc(F)cc(C(=O)c2ccc3ncncc3c2)c1Cl. The summed E-state index contributed by atoms with van der Waals surface area (Å²) in [6.07, 6.45) is 3.33. The van der Waals surface area contributed by atoms with Crippen molar-refractivity contribution >= 4 is 44.0 Å². The van der Waals surface area contributed by atoms with E-state index < -0.39 is 21.6 Å². The third-order valence-corrected chi connectivity index (χ3v) is 5.67. The van der Waals surface area contributed by atoms with E-state index in [9.17, 15) is 17.6 Å². The van der Waals surface area contributed by atoms with Crippen LogP contribution in [0.25, 0.3) is 10.9 Å². The van der Waals surface area contributed by atoms with Gasteiger partial charge in [-0.3, -0.25) is 9.52 Å². The van der Waals surface area contributed by atoms with Gasteiger partial charge in [-0.1, -0.05) is 18.5 Å². The van der Waals surface area contributed by atoms with E-state index in [2.05, 4.69) is 14.7 Å². The van der Waals surface area contributed by atoms with Gasteiger partial charge in [-0.05, 0) is 36.8 Å². The van der Waals surface area contributed by atoms with Crippen LogP contribution in [0.15, 0.2) is 42.9 Å². The van der Waals surface area contributed by atoms with E-state index in [4.69, 9.17) is 11.6 Å². The number of fused-ring (bicyclic) bond motifs is 1. The first-order valence-corrected chi connectivity index (χ1v) is 10.1. The van der Waals surface area contributed by atoms with Gasteiger partial charge in [-0.2, -0.15) is 0 Å². The molecule has 140 valence electrons.